The SMILES string of the molecule is C=C(C)C(=O)NCCCNCc1ccc(CCCc2ccc(C(C=CC3=[N+](C)c4ccccc4C3(C)C)=CC=C3N(C)c4ccccc4C3(C)C)cc2)cc1. The second kappa shape index (κ2) is 17.0. The Balaban J connectivity index is 1.12. The van der Waals surface area contributed by atoms with Crippen molar-refractivity contribution in [3.05, 3.63) is 173 Å². The van der Waals surface area contributed by atoms with Crippen LogP contribution in [0.15, 0.2) is 139 Å². The van der Waals surface area contributed by atoms with Crippen molar-refractivity contribution in [2.75, 3.05) is 32.1 Å². The number of para-hydroxylation sites is 2. The van der Waals surface area contributed by atoms with E-state index in [0.29, 0.717) is 12.1 Å². The Morgan fingerprint density at radius 3 is 2.05 bits per heavy atom. The quantitative estimate of drug-likeness (QED) is 0.0554. The van der Waals surface area contributed by atoms with E-state index in [9.17, 15) is 4.79 Å². The van der Waals surface area contributed by atoms with Gasteiger partial charge in [0, 0.05) is 60.2 Å². The molecule has 4 aromatic rings. The molecule has 2 aliphatic rings. The Morgan fingerprint density at radius 2 is 1.40 bits per heavy atom. The number of aryl methyl sites for hydroxylation is 2. The van der Waals surface area contributed by atoms with Crippen LogP contribution in [0.4, 0.5) is 11.4 Å². The smallest absolute Gasteiger partial charge is 0.246 e. The summed E-state index contributed by atoms with van der Waals surface area (Å²) in [5.41, 5.74) is 14.6. The second-order valence-corrected chi connectivity index (χ2v) is 16.2. The molecule has 0 atom stereocenters. The summed E-state index contributed by atoms with van der Waals surface area (Å²) in [5.74, 6) is -0.0716. The molecule has 5 heteroatoms. The molecule has 0 spiro atoms. The van der Waals surface area contributed by atoms with Gasteiger partial charge in [0.1, 0.15) is 7.05 Å². The zero-order valence-electron chi connectivity index (χ0n) is 34.0. The van der Waals surface area contributed by atoms with Gasteiger partial charge >= 0.3 is 0 Å². The van der Waals surface area contributed by atoms with E-state index >= 15 is 0 Å². The highest BCUT2D eigenvalue weighted by Gasteiger charge is 2.42. The Kier molecular flexibility index (Phi) is 12.2. The minimum atomic E-state index is -0.0895. The van der Waals surface area contributed by atoms with Crippen molar-refractivity contribution in [3.63, 3.8) is 0 Å². The number of anilines is 1. The first-order valence-corrected chi connectivity index (χ1v) is 19.8. The Labute approximate surface area is 329 Å². The van der Waals surface area contributed by atoms with Crippen molar-refractivity contribution in [2.24, 2.45) is 0 Å². The number of carbonyl (C=O) groups is 1. The van der Waals surface area contributed by atoms with Gasteiger partial charge in [0.05, 0.1) is 5.41 Å². The number of fused-ring (bicyclic) bond motifs is 2. The zero-order chi connectivity index (χ0) is 39.2. The third kappa shape index (κ3) is 8.84. The molecule has 0 fully saturated rings. The predicted octanol–water partition coefficient (Wildman–Crippen LogP) is 9.99. The first kappa shape index (κ1) is 39.4. The fraction of sp³-hybridized carbons (Fsp3) is 0.320. The van der Waals surface area contributed by atoms with E-state index in [1.807, 2.05) is 0 Å². The molecule has 6 rings (SSSR count). The van der Waals surface area contributed by atoms with E-state index in [4.69, 9.17) is 0 Å². The highest BCUT2D eigenvalue weighted by atomic mass is 16.1. The van der Waals surface area contributed by atoms with Gasteiger partial charge in [0.15, 0.2) is 5.71 Å². The topological polar surface area (TPSA) is 47.4 Å². The number of benzene rings is 4. The van der Waals surface area contributed by atoms with Crippen LogP contribution in [0.1, 0.15) is 80.8 Å². The van der Waals surface area contributed by atoms with Crippen LogP contribution in [-0.4, -0.2) is 43.4 Å². The van der Waals surface area contributed by atoms with Gasteiger partial charge < -0.3 is 15.5 Å². The van der Waals surface area contributed by atoms with Gasteiger partial charge in [0.2, 0.25) is 11.6 Å². The second-order valence-electron chi connectivity index (χ2n) is 16.2. The van der Waals surface area contributed by atoms with Crippen LogP contribution in [0.2, 0.25) is 0 Å². The lowest BCUT2D eigenvalue weighted by Gasteiger charge is -2.24. The summed E-state index contributed by atoms with van der Waals surface area (Å²) in [6.45, 7) is 17.1. The van der Waals surface area contributed by atoms with Gasteiger partial charge in [-0.15, -0.1) is 0 Å². The highest BCUT2D eigenvalue weighted by Crippen LogP contribution is 2.47. The maximum atomic E-state index is 11.6. The number of amides is 1. The number of hydrogen-bond acceptors (Lipinski definition) is 3. The molecule has 4 aromatic carbocycles. The molecule has 2 N–H and O–H groups in total. The summed E-state index contributed by atoms with van der Waals surface area (Å²) in [5, 5.41) is 6.35. The monoisotopic (exact) mass is 731 g/mol. The van der Waals surface area contributed by atoms with Crippen LogP contribution < -0.4 is 15.5 Å². The van der Waals surface area contributed by atoms with E-state index < -0.39 is 0 Å². The van der Waals surface area contributed by atoms with Crippen LogP contribution in [0.5, 0.6) is 0 Å². The summed E-state index contributed by atoms with van der Waals surface area (Å²) in [7, 11) is 4.37. The molecule has 55 heavy (non-hydrogen) atoms. The lowest BCUT2D eigenvalue weighted by atomic mass is 9.81. The van der Waals surface area contributed by atoms with E-state index in [1.54, 1.807) is 6.92 Å². The van der Waals surface area contributed by atoms with Gasteiger partial charge in [-0.1, -0.05) is 111 Å². The Morgan fingerprint density at radius 1 is 0.782 bits per heavy atom. The van der Waals surface area contributed by atoms with E-state index in [2.05, 4.69) is 190 Å². The average molecular weight is 732 g/mol. The van der Waals surface area contributed by atoms with Crippen LogP contribution in [0, 0.1) is 0 Å². The number of nitrogens with zero attached hydrogens (tertiary/aromatic N) is 2. The van der Waals surface area contributed by atoms with Crippen molar-refractivity contribution >= 4 is 28.6 Å². The van der Waals surface area contributed by atoms with Crippen molar-refractivity contribution < 1.29 is 9.37 Å². The van der Waals surface area contributed by atoms with Crippen LogP contribution in [0.3, 0.4) is 0 Å². The van der Waals surface area contributed by atoms with E-state index in [-0.39, 0.29) is 16.7 Å². The fourth-order valence-electron chi connectivity index (χ4n) is 8.17. The molecule has 0 aliphatic carbocycles. The molecular weight excluding hydrogens is 673 g/mol. The summed E-state index contributed by atoms with van der Waals surface area (Å²) in [6, 6.07) is 35.7. The number of rotatable bonds is 15. The van der Waals surface area contributed by atoms with Crippen LogP contribution in [0.25, 0.3) is 5.57 Å². The van der Waals surface area contributed by atoms with Crippen LogP contribution in [-0.2, 0) is 35.0 Å². The standard InChI is InChI=1S/C50H58N4O/c1-36(2)48(55)52-34-14-33-51-35-39-23-21-37(22-24-39)15-13-16-38-25-27-40(28-26-38)41(29-31-46-49(3,4)42-17-9-11-19-44(42)53(46)7)30-32-47-50(5,6)43-18-10-12-20-45(43)54(47)8/h9-12,17-32,51H,1,13-16,33-35H2,2-8H3/p+1. The summed E-state index contributed by atoms with van der Waals surface area (Å²) in [4.78, 5) is 14.0. The minimum Gasteiger partial charge on any atom is -0.352 e. The molecule has 2 aliphatic heterocycles. The first-order valence-electron chi connectivity index (χ1n) is 19.8. The third-order valence-corrected chi connectivity index (χ3v) is 11.5. The lowest BCUT2D eigenvalue weighted by molar-refractivity contribution is -0.401. The third-order valence-electron chi connectivity index (χ3n) is 11.5. The number of nitrogens with one attached hydrogen (secondary N) is 2. The molecule has 0 bridgehead atoms. The molecule has 0 saturated heterocycles. The van der Waals surface area contributed by atoms with Gasteiger partial charge in [-0.05, 0) is 105 Å². The van der Waals surface area contributed by atoms with Crippen LogP contribution >= 0.6 is 0 Å². The molecule has 2 heterocycles. The zero-order valence-corrected chi connectivity index (χ0v) is 34.0. The summed E-state index contributed by atoms with van der Waals surface area (Å²) >= 11 is 0. The van der Waals surface area contributed by atoms with E-state index in [1.165, 1.54) is 61.7 Å². The van der Waals surface area contributed by atoms with E-state index in [0.717, 1.165) is 38.8 Å². The fourth-order valence-corrected chi connectivity index (χ4v) is 8.17. The van der Waals surface area contributed by atoms with Gasteiger partial charge in [-0.25, -0.2) is 0 Å². The number of carbonyl (C=O) groups excluding carboxylic acids is 1. The van der Waals surface area contributed by atoms with Crippen molar-refractivity contribution in [2.45, 2.75) is 77.7 Å². The molecule has 5 nitrogen and oxygen atoms in total. The Hall–Kier alpha value is -5.26. The largest absolute Gasteiger partial charge is 0.352 e. The van der Waals surface area contributed by atoms with Crippen molar-refractivity contribution in [1.82, 2.24) is 10.6 Å². The Bertz CT molecular complexity index is 2140. The highest BCUT2D eigenvalue weighted by molar-refractivity contribution is 6.04. The van der Waals surface area contributed by atoms with Crippen molar-refractivity contribution in [1.29, 1.82) is 0 Å². The number of hydrogen-bond donors (Lipinski definition) is 2. The number of allylic oxidation sites excluding steroid dienone is 6. The predicted molar refractivity (Wildman–Crippen MR) is 232 cm³/mol. The lowest BCUT2D eigenvalue weighted by Crippen LogP contribution is -2.27. The maximum Gasteiger partial charge on any atom is 0.246 e. The van der Waals surface area contributed by atoms with Gasteiger partial charge in [-0.2, -0.15) is 4.58 Å². The number of likely N-dealkylation sites (N-methyl/N-ethyl adjacent to an activating group) is 1. The minimum absolute atomic E-state index is 0.0716. The summed E-state index contributed by atoms with van der Waals surface area (Å²) < 4.78 is 2.34. The maximum absolute atomic E-state index is 11.6. The molecule has 1 amide bonds. The molecular formula is C50H59N4O+. The molecule has 284 valence electrons. The molecule has 0 unspecified atom stereocenters. The first-order chi connectivity index (χ1) is 26.4. The summed E-state index contributed by atoms with van der Waals surface area (Å²) in [6.07, 6.45) is 13.3. The molecule has 0 saturated carbocycles. The normalized spacial score (nSPS) is 16.5. The van der Waals surface area contributed by atoms with Gasteiger partial charge in [-0.3, -0.25) is 4.79 Å². The molecule has 0 aromatic heterocycles. The van der Waals surface area contributed by atoms with Gasteiger partial charge in [0.25, 0.3) is 0 Å². The average Bonchev–Trinajstić information content (AvgIpc) is 3.50. The van der Waals surface area contributed by atoms with Crippen molar-refractivity contribution in [3.8, 4) is 0 Å². The molecule has 0 radical (unpaired) electrons.